The number of nitrogens with zero attached hydrogens (tertiary/aromatic N) is 1. The van der Waals surface area contributed by atoms with Crippen molar-refractivity contribution in [2.75, 3.05) is 6.54 Å². The van der Waals surface area contributed by atoms with Crippen LogP contribution >= 0.6 is 0 Å². The van der Waals surface area contributed by atoms with E-state index in [1.165, 1.54) is 51.4 Å². The zero-order valence-corrected chi connectivity index (χ0v) is 12.2. The lowest BCUT2D eigenvalue weighted by atomic mass is 10.0. The summed E-state index contributed by atoms with van der Waals surface area (Å²) in [6.45, 7) is 3.11. The number of hydrogen-bond donors (Lipinski definition) is 1. The van der Waals surface area contributed by atoms with Crippen LogP contribution in [0.1, 0.15) is 64.7 Å². The van der Waals surface area contributed by atoms with Crippen molar-refractivity contribution >= 4 is 5.91 Å². The van der Waals surface area contributed by atoms with E-state index in [1.807, 2.05) is 0 Å². The predicted octanol–water partition coefficient (Wildman–Crippen LogP) is 2.90. The van der Waals surface area contributed by atoms with Gasteiger partial charge >= 0.3 is 0 Å². The van der Waals surface area contributed by atoms with Crippen LogP contribution in [0.25, 0.3) is 0 Å². The third-order valence-electron chi connectivity index (χ3n) is 5.25. The van der Waals surface area contributed by atoms with Gasteiger partial charge in [-0.25, -0.2) is 0 Å². The third kappa shape index (κ3) is 2.96. The molecule has 0 radical (unpaired) electrons. The Bertz CT molecular complexity index is 321. The molecule has 3 fully saturated rings. The molecule has 0 spiro atoms. The van der Waals surface area contributed by atoms with Gasteiger partial charge in [-0.3, -0.25) is 10.1 Å². The largest absolute Gasteiger partial charge is 0.326 e. The van der Waals surface area contributed by atoms with Gasteiger partial charge in [0, 0.05) is 6.54 Å². The molecule has 0 bridgehead atoms. The molecule has 3 heteroatoms. The molecule has 3 rings (SSSR count). The molecule has 2 atom stereocenters. The predicted molar refractivity (Wildman–Crippen MR) is 76.6 cm³/mol. The van der Waals surface area contributed by atoms with Crippen molar-refractivity contribution in [2.45, 2.75) is 76.9 Å². The lowest BCUT2D eigenvalue weighted by Crippen LogP contribution is -2.43. The second kappa shape index (κ2) is 5.82. The number of nitrogens with one attached hydrogen (secondary N) is 1. The maximum atomic E-state index is 12.5. The average molecular weight is 264 g/mol. The first-order valence-corrected chi connectivity index (χ1v) is 8.36. The van der Waals surface area contributed by atoms with Crippen LogP contribution in [-0.4, -0.2) is 29.6 Å². The van der Waals surface area contributed by atoms with Gasteiger partial charge in [0.05, 0.1) is 12.2 Å². The van der Waals surface area contributed by atoms with Crippen LogP contribution in [0.2, 0.25) is 0 Å². The molecule has 0 aromatic heterocycles. The number of carbonyl (C=O) groups excluding carboxylic acids is 1. The lowest BCUT2D eigenvalue weighted by Gasteiger charge is -2.29. The van der Waals surface area contributed by atoms with E-state index < -0.39 is 0 Å². The quantitative estimate of drug-likeness (QED) is 0.800. The molecule has 2 unspecified atom stereocenters. The van der Waals surface area contributed by atoms with Crippen LogP contribution in [0.15, 0.2) is 0 Å². The van der Waals surface area contributed by atoms with Crippen LogP contribution in [0, 0.1) is 11.8 Å². The second-order valence-electron chi connectivity index (χ2n) is 6.73. The van der Waals surface area contributed by atoms with E-state index in [-0.39, 0.29) is 6.04 Å². The first kappa shape index (κ1) is 13.4. The maximum absolute atomic E-state index is 12.5. The summed E-state index contributed by atoms with van der Waals surface area (Å²) in [5.41, 5.74) is 0. The fraction of sp³-hybridized carbons (Fsp3) is 0.938. The molecular weight excluding hydrogens is 236 g/mol. The van der Waals surface area contributed by atoms with Crippen molar-refractivity contribution in [1.29, 1.82) is 0 Å². The molecule has 0 aromatic rings. The normalized spacial score (nSPS) is 32.5. The Hall–Kier alpha value is -0.570. The van der Waals surface area contributed by atoms with Gasteiger partial charge in [-0.15, -0.1) is 0 Å². The van der Waals surface area contributed by atoms with Crippen molar-refractivity contribution in [3.8, 4) is 0 Å². The van der Waals surface area contributed by atoms with E-state index in [1.54, 1.807) is 0 Å². The number of rotatable bonds is 6. The highest BCUT2D eigenvalue weighted by Crippen LogP contribution is 2.35. The summed E-state index contributed by atoms with van der Waals surface area (Å²) < 4.78 is 0. The Kier molecular flexibility index (Phi) is 4.11. The molecule has 108 valence electrons. The summed E-state index contributed by atoms with van der Waals surface area (Å²) in [4.78, 5) is 14.6. The fourth-order valence-electron chi connectivity index (χ4n) is 3.87. The van der Waals surface area contributed by atoms with E-state index in [4.69, 9.17) is 0 Å². The molecule has 3 aliphatic rings. The van der Waals surface area contributed by atoms with E-state index in [9.17, 15) is 4.79 Å². The van der Waals surface area contributed by atoms with Gasteiger partial charge in [-0.2, -0.15) is 0 Å². The molecule has 2 saturated carbocycles. The summed E-state index contributed by atoms with van der Waals surface area (Å²) in [7, 11) is 0. The molecule has 1 saturated heterocycles. The Balaban J connectivity index is 1.59. The van der Waals surface area contributed by atoms with Crippen LogP contribution < -0.4 is 5.32 Å². The van der Waals surface area contributed by atoms with E-state index >= 15 is 0 Å². The van der Waals surface area contributed by atoms with Gasteiger partial charge in [0.1, 0.15) is 0 Å². The van der Waals surface area contributed by atoms with Crippen LogP contribution in [0.3, 0.4) is 0 Å². The van der Waals surface area contributed by atoms with Crippen molar-refractivity contribution < 1.29 is 4.79 Å². The summed E-state index contributed by atoms with van der Waals surface area (Å²) in [6, 6.07) is 0.0894. The van der Waals surface area contributed by atoms with Crippen LogP contribution in [-0.2, 0) is 4.79 Å². The zero-order valence-electron chi connectivity index (χ0n) is 12.2. The molecule has 1 N–H and O–H groups in total. The van der Waals surface area contributed by atoms with E-state index in [2.05, 4.69) is 17.1 Å². The maximum Gasteiger partial charge on any atom is 0.241 e. The minimum atomic E-state index is 0.0894. The van der Waals surface area contributed by atoms with Gasteiger partial charge in [0.25, 0.3) is 0 Å². The lowest BCUT2D eigenvalue weighted by molar-refractivity contribution is -0.130. The SMILES string of the molecule is CCC1NC(C2CCCC2)N(CCCC2CC2)C1=O. The van der Waals surface area contributed by atoms with Crippen LogP contribution in [0.4, 0.5) is 0 Å². The first-order chi connectivity index (χ1) is 9.29. The molecule has 2 aliphatic carbocycles. The highest BCUT2D eigenvalue weighted by Gasteiger charge is 2.42. The highest BCUT2D eigenvalue weighted by molar-refractivity contribution is 5.84. The number of carbonyl (C=O) groups is 1. The van der Waals surface area contributed by atoms with Crippen molar-refractivity contribution in [3.63, 3.8) is 0 Å². The Morgan fingerprint density at radius 1 is 1.21 bits per heavy atom. The second-order valence-corrected chi connectivity index (χ2v) is 6.73. The minimum Gasteiger partial charge on any atom is -0.326 e. The standard InChI is InChI=1S/C16H28N2O/c1-2-14-16(19)18(11-5-6-12-9-10-12)15(17-14)13-7-3-4-8-13/h12-15,17H,2-11H2,1H3. The minimum absolute atomic E-state index is 0.0894. The van der Waals surface area contributed by atoms with E-state index in [0.29, 0.717) is 18.0 Å². The molecular formula is C16H28N2O. The van der Waals surface area contributed by atoms with Gasteiger partial charge in [0.15, 0.2) is 0 Å². The van der Waals surface area contributed by atoms with Gasteiger partial charge < -0.3 is 4.90 Å². The third-order valence-corrected chi connectivity index (χ3v) is 5.25. The van der Waals surface area contributed by atoms with Gasteiger partial charge in [-0.1, -0.05) is 32.6 Å². The molecule has 3 nitrogen and oxygen atoms in total. The highest BCUT2D eigenvalue weighted by atomic mass is 16.2. The Labute approximate surface area is 117 Å². The molecule has 19 heavy (non-hydrogen) atoms. The summed E-state index contributed by atoms with van der Waals surface area (Å²) >= 11 is 0. The van der Waals surface area contributed by atoms with Crippen molar-refractivity contribution in [1.82, 2.24) is 10.2 Å². The van der Waals surface area contributed by atoms with Gasteiger partial charge in [0.2, 0.25) is 5.91 Å². The topological polar surface area (TPSA) is 32.3 Å². The Morgan fingerprint density at radius 3 is 2.58 bits per heavy atom. The average Bonchev–Trinajstić information content (AvgIpc) is 2.97. The summed E-state index contributed by atoms with van der Waals surface area (Å²) in [6.07, 6.45) is 12.0. The monoisotopic (exact) mass is 264 g/mol. The molecule has 0 aromatic carbocycles. The fourth-order valence-corrected chi connectivity index (χ4v) is 3.87. The number of amides is 1. The van der Waals surface area contributed by atoms with Crippen molar-refractivity contribution in [2.24, 2.45) is 11.8 Å². The molecule has 1 amide bonds. The molecule has 1 heterocycles. The molecule has 1 aliphatic heterocycles. The summed E-state index contributed by atoms with van der Waals surface area (Å²) in [5.74, 6) is 2.06. The van der Waals surface area contributed by atoms with E-state index in [0.717, 1.165) is 18.9 Å². The van der Waals surface area contributed by atoms with Crippen molar-refractivity contribution in [3.05, 3.63) is 0 Å². The van der Waals surface area contributed by atoms with Crippen LogP contribution in [0.5, 0.6) is 0 Å². The zero-order chi connectivity index (χ0) is 13.2. The Morgan fingerprint density at radius 2 is 1.95 bits per heavy atom. The first-order valence-electron chi connectivity index (χ1n) is 8.36. The summed E-state index contributed by atoms with van der Waals surface area (Å²) in [5, 5.41) is 3.61. The number of hydrogen-bond acceptors (Lipinski definition) is 2. The smallest absolute Gasteiger partial charge is 0.241 e. The van der Waals surface area contributed by atoms with Gasteiger partial charge in [-0.05, 0) is 43.9 Å².